The molecule has 1 heterocycles. The first-order valence-corrected chi connectivity index (χ1v) is 10.5. The summed E-state index contributed by atoms with van der Waals surface area (Å²) in [6.07, 6.45) is 10.1. The van der Waals surface area contributed by atoms with E-state index in [0.717, 1.165) is 31.3 Å². The molecule has 0 amide bonds. The maximum absolute atomic E-state index is 13.3. The number of fused-ring (bicyclic) bond motifs is 2. The van der Waals surface area contributed by atoms with Gasteiger partial charge in [0.1, 0.15) is 11.4 Å². The molecule has 5 aliphatic carbocycles. The molecule has 0 aromatic heterocycles. The SMILES string of the molecule is C[C@]12CCC(=O)C=C1C[C@H]1C(=O)O[C@@]34CC[C@@]5(C)CCC(=O)[C@]53CC=C2C14. The average molecular weight is 366 g/mol. The lowest BCUT2D eigenvalue weighted by atomic mass is 9.46. The van der Waals surface area contributed by atoms with Gasteiger partial charge in [-0.3, -0.25) is 14.4 Å². The third-order valence-corrected chi connectivity index (χ3v) is 9.63. The number of allylic oxidation sites excluding steroid dienone is 3. The van der Waals surface area contributed by atoms with Crippen molar-refractivity contribution in [1.29, 1.82) is 0 Å². The smallest absolute Gasteiger partial charge is 0.310 e. The monoisotopic (exact) mass is 366 g/mol. The molecule has 4 nitrogen and oxygen atoms in total. The van der Waals surface area contributed by atoms with E-state index in [1.54, 1.807) is 6.08 Å². The van der Waals surface area contributed by atoms with Gasteiger partial charge < -0.3 is 4.74 Å². The predicted octanol–water partition coefficient (Wildman–Crippen LogP) is 3.69. The molecule has 0 aromatic rings. The van der Waals surface area contributed by atoms with Gasteiger partial charge in [-0.2, -0.15) is 0 Å². The number of carbonyl (C=O) groups is 3. The van der Waals surface area contributed by atoms with Gasteiger partial charge in [0.2, 0.25) is 0 Å². The largest absolute Gasteiger partial charge is 0.457 e. The van der Waals surface area contributed by atoms with Crippen molar-refractivity contribution in [3.63, 3.8) is 0 Å². The summed E-state index contributed by atoms with van der Waals surface area (Å²) >= 11 is 0. The molecule has 6 atom stereocenters. The molecule has 1 aliphatic heterocycles. The van der Waals surface area contributed by atoms with Gasteiger partial charge >= 0.3 is 5.97 Å². The zero-order valence-electron chi connectivity index (χ0n) is 16.1. The second kappa shape index (κ2) is 4.47. The number of esters is 1. The van der Waals surface area contributed by atoms with Crippen molar-refractivity contribution in [2.24, 2.45) is 28.1 Å². The molecule has 0 N–H and O–H groups in total. The van der Waals surface area contributed by atoms with Gasteiger partial charge in [-0.15, -0.1) is 0 Å². The fourth-order valence-corrected chi connectivity index (χ4v) is 8.22. The fraction of sp³-hybridized carbons (Fsp3) is 0.696. The summed E-state index contributed by atoms with van der Waals surface area (Å²) in [5.41, 5.74) is 1.02. The second-order valence-corrected chi connectivity index (χ2v) is 10.3. The van der Waals surface area contributed by atoms with Crippen molar-refractivity contribution in [2.75, 3.05) is 0 Å². The number of ketones is 2. The minimum Gasteiger partial charge on any atom is -0.457 e. The van der Waals surface area contributed by atoms with Crippen LogP contribution < -0.4 is 0 Å². The Morgan fingerprint density at radius 1 is 1.04 bits per heavy atom. The minimum atomic E-state index is -0.642. The highest BCUT2D eigenvalue weighted by atomic mass is 16.6. The lowest BCUT2D eigenvalue weighted by Crippen LogP contribution is -2.60. The second-order valence-electron chi connectivity index (χ2n) is 10.3. The van der Waals surface area contributed by atoms with Crippen LogP contribution >= 0.6 is 0 Å². The maximum Gasteiger partial charge on any atom is 0.310 e. The minimum absolute atomic E-state index is 0.0120. The third kappa shape index (κ3) is 1.48. The molecule has 27 heavy (non-hydrogen) atoms. The number of hydrogen-bond donors (Lipinski definition) is 0. The van der Waals surface area contributed by atoms with E-state index in [4.69, 9.17) is 4.74 Å². The van der Waals surface area contributed by atoms with Crippen molar-refractivity contribution in [2.45, 2.75) is 70.8 Å². The summed E-state index contributed by atoms with van der Waals surface area (Å²) in [4.78, 5) is 38.4. The van der Waals surface area contributed by atoms with Crippen molar-refractivity contribution >= 4 is 17.5 Å². The molecule has 0 radical (unpaired) electrons. The van der Waals surface area contributed by atoms with Gasteiger partial charge in [0.15, 0.2) is 5.78 Å². The van der Waals surface area contributed by atoms with Crippen LogP contribution in [0.4, 0.5) is 0 Å². The van der Waals surface area contributed by atoms with E-state index in [1.807, 2.05) is 0 Å². The highest BCUT2D eigenvalue weighted by molar-refractivity contribution is 5.95. The van der Waals surface area contributed by atoms with Gasteiger partial charge in [0.25, 0.3) is 0 Å². The maximum atomic E-state index is 13.3. The first kappa shape index (κ1) is 16.3. The quantitative estimate of drug-likeness (QED) is 0.484. The standard InChI is InChI=1S/C23H26O4/c1-20-6-5-17(25)22(20)8-4-16-18-15(19(26)27-23(18,22)10-9-20)12-13-11-14(24)3-7-21(13,16)2/h4,11,15,18H,3,5-10,12H2,1-2H3/t15-,18?,20-,21+,22-,23-/m1/s1. The topological polar surface area (TPSA) is 60.4 Å². The number of carbonyl (C=O) groups excluding carboxylic acids is 3. The predicted molar refractivity (Wildman–Crippen MR) is 97.6 cm³/mol. The zero-order chi connectivity index (χ0) is 18.8. The molecule has 4 heteroatoms. The van der Waals surface area contributed by atoms with Crippen LogP contribution in [0.15, 0.2) is 23.3 Å². The van der Waals surface area contributed by atoms with E-state index >= 15 is 0 Å². The van der Waals surface area contributed by atoms with Crippen LogP contribution in [0.3, 0.4) is 0 Å². The van der Waals surface area contributed by atoms with E-state index in [9.17, 15) is 14.4 Å². The first-order chi connectivity index (χ1) is 12.8. The summed E-state index contributed by atoms with van der Waals surface area (Å²) in [7, 11) is 0. The lowest BCUT2D eigenvalue weighted by Gasteiger charge is -2.56. The van der Waals surface area contributed by atoms with Crippen LogP contribution in [0.2, 0.25) is 0 Å². The van der Waals surface area contributed by atoms with Crippen molar-refractivity contribution in [3.05, 3.63) is 23.3 Å². The highest BCUT2D eigenvalue weighted by Crippen LogP contribution is 2.77. The highest BCUT2D eigenvalue weighted by Gasteiger charge is 2.80. The summed E-state index contributed by atoms with van der Waals surface area (Å²) in [5, 5.41) is 0. The van der Waals surface area contributed by atoms with Crippen LogP contribution in [0.25, 0.3) is 0 Å². The molecule has 6 rings (SSSR count). The lowest BCUT2D eigenvalue weighted by molar-refractivity contribution is -0.172. The van der Waals surface area contributed by atoms with Crippen LogP contribution in [0.1, 0.15) is 65.2 Å². The zero-order valence-corrected chi connectivity index (χ0v) is 16.1. The van der Waals surface area contributed by atoms with E-state index in [0.29, 0.717) is 31.5 Å². The molecule has 0 aromatic carbocycles. The van der Waals surface area contributed by atoms with Gasteiger partial charge in [0.05, 0.1) is 11.3 Å². The summed E-state index contributed by atoms with van der Waals surface area (Å²) in [5.74, 6) is 0.135. The summed E-state index contributed by atoms with van der Waals surface area (Å²) < 4.78 is 6.30. The Hall–Kier alpha value is -1.71. The molecule has 3 saturated carbocycles. The Kier molecular flexibility index (Phi) is 2.69. The first-order valence-electron chi connectivity index (χ1n) is 10.5. The summed E-state index contributed by atoms with van der Waals surface area (Å²) in [6, 6.07) is 0. The Bertz CT molecular complexity index is 896. The van der Waals surface area contributed by atoms with Crippen molar-refractivity contribution in [3.8, 4) is 0 Å². The van der Waals surface area contributed by atoms with Crippen LogP contribution in [-0.4, -0.2) is 23.1 Å². The number of hydrogen-bond acceptors (Lipinski definition) is 4. The van der Waals surface area contributed by atoms with Gasteiger partial charge in [-0.05, 0) is 50.0 Å². The van der Waals surface area contributed by atoms with Gasteiger partial charge in [-0.25, -0.2) is 0 Å². The van der Waals surface area contributed by atoms with E-state index in [-0.39, 0.29) is 34.4 Å². The Morgan fingerprint density at radius 2 is 1.85 bits per heavy atom. The van der Waals surface area contributed by atoms with Crippen LogP contribution in [0.5, 0.6) is 0 Å². The van der Waals surface area contributed by atoms with E-state index in [1.165, 1.54) is 5.57 Å². The van der Waals surface area contributed by atoms with Crippen LogP contribution in [-0.2, 0) is 19.1 Å². The molecule has 2 spiro atoms. The number of ether oxygens (including phenoxy) is 1. The van der Waals surface area contributed by atoms with Crippen LogP contribution in [0, 0.1) is 28.1 Å². The Balaban J connectivity index is 1.61. The van der Waals surface area contributed by atoms with Crippen molar-refractivity contribution in [1.82, 2.24) is 0 Å². The van der Waals surface area contributed by atoms with Crippen molar-refractivity contribution < 1.29 is 19.1 Å². The molecule has 142 valence electrons. The van der Waals surface area contributed by atoms with Gasteiger partial charge in [-0.1, -0.05) is 31.1 Å². The normalized spacial score (nSPS) is 52.4. The number of rotatable bonds is 0. The molecular weight excluding hydrogens is 340 g/mol. The Labute approximate surface area is 159 Å². The van der Waals surface area contributed by atoms with Gasteiger partial charge in [0, 0.05) is 24.2 Å². The molecule has 0 bridgehead atoms. The summed E-state index contributed by atoms with van der Waals surface area (Å²) in [6.45, 7) is 4.49. The molecular formula is C23H26O4. The molecule has 1 unspecified atom stereocenters. The molecule has 6 aliphatic rings. The molecule has 1 saturated heterocycles. The molecule has 4 fully saturated rings. The fourth-order valence-electron chi connectivity index (χ4n) is 8.22. The average Bonchev–Trinajstić information content (AvgIpc) is 3.16. The Morgan fingerprint density at radius 3 is 2.67 bits per heavy atom. The number of Topliss-reactive ketones (excluding diaryl/α,β-unsaturated/α-hetero) is 1. The van der Waals surface area contributed by atoms with E-state index < -0.39 is 11.0 Å². The third-order valence-electron chi connectivity index (χ3n) is 9.63. The van der Waals surface area contributed by atoms with E-state index in [2.05, 4.69) is 19.9 Å².